The van der Waals surface area contributed by atoms with Crippen LogP contribution in [0.2, 0.25) is 0 Å². The summed E-state index contributed by atoms with van der Waals surface area (Å²) in [6.07, 6.45) is 0.0932. The van der Waals surface area contributed by atoms with E-state index in [4.69, 9.17) is 0 Å². The smallest absolute Gasteiger partial charge is 0.264 e. The molecule has 1 aromatic carbocycles. The number of rotatable bonds is 7. The van der Waals surface area contributed by atoms with E-state index in [1.54, 1.807) is 0 Å². The van der Waals surface area contributed by atoms with Crippen LogP contribution in [-0.2, 0) is 19.6 Å². The molecule has 27 heavy (non-hydrogen) atoms. The Bertz CT molecular complexity index is 1000. The van der Waals surface area contributed by atoms with Gasteiger partial charge in [-0.2, -0.15) is 4.98 Å². The summed E-state index contributed by atoms with van der Waals surface area (Å²) < 4.78 is 25.5. The second kappa shape index (κ2) is 8.68. The van der Waals surface area contributed by atoms with Crippen molar-refractivity contribution >= 4 is 39.3 Å². The number of benzene rings is 1. The first-order valence-corrected chi connectivity index (χ1v) is 9.99. The summed E-state index contributed by atoms with van der Waals surface area (Å²) in [5, 5.41) is 12.0. The van der Waals surface area contributed by atoms with Gasteiger partial charge < -0.3 is 15.4 Å². The van der Waals surface area contributed by atoms with Gasteiger partial charge in [0, 0.05) is 24.8 Å². The number of aromatic nitrogens is 2. The third-order valence-electron chi connectivity index (χ3n) is 3.00. The van der Waals surface area contributed by atoms with Gasteiger partial charge in [-0.15, -0.1) is 0 Å². The number of carbonyl (C=O) groups excluding carboxylic acids is 2. The Hall–Kier alpha value is -2.86. The average molecular weight is 412 g/mol. The highest BCUT2D eigenvalue weighted by Gasteiger charge is 2.15. The van der Waals surface area contributed by atoms with E-state index in [0.29, 0.717) is 11.4 Å². The van der Waals surface area contributed by atoms with Crippen LogP contribution in [0.15, 0.2) is 45.2 Å². The zero-order valence-corrected chi connectivity index (χ0v) is 15.7. The summed E-state index contributed by atoms with van der Waals surface area (Å²) in [4.78, 5) is 40.0. The fourth-order valence-corrected chi connectivity index (χ4v) is 3.72. The van der Waals surface area contributed by atoms with Crippen molar-refractivity contribution in [3.63, 3.8) is 0 Å². The Morgan fingerprint density at radius 3 is 2.52 bits per heavy atom. The predicted molar refractivity (Wildman–Crippen MR) is 97.9 cm³/mol. The monoisotopic (exact) mass is 412 g/mol. The molecule has 0 aliphatic heterocycles. The second-order valence-electron chi connectivity index (χ2n) is 5.24. The summed E-state index contributed by atoms with van der Waals surface area (Å²) in [7, 11) is -3.93. The van der Waals surface area contributed by atoms with E-state index in [1.807, 2.05) is 4.72 Å². The van der Waals surface area contributed by atoms with Crippen molar-refractivity contribution in [2.45, 2.75) is 23.4 Å². The SMILES string of the molecule is CC(=O)NS(=O)(=O)c1ccc(NC(=O)CCSc2nc(O)cc(=O)[nH]2)cc1. The van der Waals surface area contributed by atoms with Gasteiger partial charge in [-0.25, -0.2) is 13.1 Å². The molecule has 0 aliphatic rings. The van der Waals surface area contributed by atoms with Gasteiger partial charge in [-0.1, -0.05) is 11.8 Å². The van der Waals surface area contributed by atoms with Crippen LogP contribution in [0.1, 0.15) is 13.3 Å². The number of anilines is 1. The van der Waals surface area contributed by atoms with E-state index in [9.17, 15) is 27.9 Å². The first kappa shape index (κ1) is 20.5. The molecule has 0 saturated carbocycles. The van der Waals surface area contributed by atoms with E-state index in [0.717, 1.165) is 24.8 Å². The van der Waals surface area contributed by atoms with Crippen molar-refractivity contribution in [2.75, 3.05) is 11.1 Å². The fourth-order valence-electron chi connectivity index (χ4n) is 1.92. The second-order valence-corrected chi connectivity index (χ2v) is 8.01. The Morgan fingerprint density at radius 2 is 1.93 bits per heavy atom. The molecule has 1 heterocycles. The van der Waals surface area contributed by atoms with Crippen molar-refractivity contribution in [3.8, 4) is 5.88 Å². The number of nitrogens with zero attached hydrogens (tertiary/aromatic N) is 1. The van der Waals surface area contributed by atoms with E-state index in [1.165, 1.54) is 24.3 Å². The quantitative estimate of drug-likeness (QED) is 0.376. The molecule has 0 radical (unpaired) electrons. The van der Waals surface area contributed by atoms with E-state index in [2.05, 4.69) is 15.3 Å². The van der Waals surface area contributed by atoms with Crippen LogP contribution in [0.4, 0.5) is 5.69 Å². The molecule has 0 atom stereocenters. The molecule has 144 valence electrons. The number of sulfonamides is 1. The van der Waals surface area contributed by atoms with E-state index >= 15 is 0 Å². The number of thioether (sulfide) groups is 1. The summed E-state index contributed by atoms with van der Waals surface area (Å²) >= 11 is 1.09. The van der Waals surface area contributed by atoms with Gasteiger partial charge in [-0.05, 0) is 24.3 Å². The maximum Gasteiger partial charge on any atom is 0.264 e. The zero-order chi connectivity index (χ0) is 20.0. The van der Waals surface area contributed by atoms with Crippen LogP contribution in [0, 0.1) is 0 Å². The van der Waals surface area contributed by atoms with Gasteiger partial charge >= 0.3 is 0 Å². The lowest BCUT2D eigenvalue weighted by Crippen LogP contribution is -2.28. The van der Waals surface area contributed by atoms with Gasteiger partial charge in [-0.3, -0.25) is 14.4 Å². The molecule has 0 fully saturated rings. The van der Waals surface area contributed by atoms with Crippen molar-refractivity contribution < 1.29 is 23.1 Å². The number of H-pyrrole nitrogens is 1. The first-order valence-electron chi connectivity index (χ1n) is 7.52. The number of amides is 2. The molecule has 2 amide bonds. The topological polar surface area (TPSA) is 158 Å². The molecule has 4 N–H and O–H groups in total. The number of aromatic hydroxyl groups is 1. The van der Waals surface area contributed by atoms with Crippen LogP contribution < -0.4 is 15.6 Å². The lowest BCUT2D eigenvalue weighted by Gasteiger charge is -2.07. The van der Waals surface area contributed by atoms with E-state index in [-0.39, 0.29) is 22.4 Å². The average Bonchev–Trinajstić information content (AvgIpc) is 2.53. The highest BCUT2D eigenvalue weighted by atomic mass is 32.2. The number of nitrogens with one attached hydrogen (secondary N) is 3. The zero-order valence-electron chi connectivity index (χ0n) is 14.1. The third kappa shape index (κ3) is 6.42. The molecule has 10 nitrogen and oxygen atoms in total. The van der Waals surface area contributed by atoms with Gasteiger partial charge in [0.2, 0.25) is 17.7 Å². The molecule has 12 heteroatoms. The Kier molecular flexibility index (Phi) is 6.58. The molecule has 2 rings (SSSR count). The van der Waals surface area contributed by atoms with Crippen LogP contribution in [0.5, 0.6) is 5.88 Å². The van der Waals surface area contributed by atoms with Crippen molar-refractivity contribution in [3.05, 3.63) is 40.7 Å². The largest absolute Gasteiger partial charge is 0.493 e. The molecule has 1 aromatic heterocycles. The number of aromatic amines is 1. The first-order chi connectivity index (χ1) is 12.7. The van der Waals surface area contributed by atoms with Gasteiger partial charge in [0.1, 0.15) is 0 Å². The molecule has 0 spiro atoms. The minimum absolute atomic E-state index is 0.0932. The van der Waals surface area contributed by atoms with E-state index < -0.39 is 27.4 Å². The molecule has 0 saturated heterocycles. The lowest BCUT2D eigenvalue weighted by atomic mass is 10.3. The summed E-state index contributed by atoms with van der Waals surface area (Å²) in [5.74, 6) is -1.14. The van der Waals surface area contributed by atoms with Crippen LogP contribution >= 0.6 is 11.8 Å². The summed E-state index contributed by atoms with van der Waals surface area (Å²) in [6, 6.07) is 6.25. The van der Waals surface area contributed by atoms with Crippen LogP contribution in [0.25, 0.3) is 0 Å². The lowest BCUT2D eigenvalue weighted by molar-refractivity contribution is -0.117. The van der Waals surface area contributed by atoms with Crippen LogP contribution in [0.3, 0.4) is 0 Å². The molecule has 0 aliphatic carbocycles. The van der Waals surface area contributed by atoms with Gasteiger partial charge in [0.15, 0.2) is 5.16 Å². The predicted octanol–water partition coefficient (Wildman–Crippen LogP) is 0.421. The Labute approximate surface area is 158 Å². The van der Waals surface area contributed by atoms with Gasteiger partial charge in [0.05, 0.1) is 11.0 Å². The molecular weight excluding hydrogens is 396 g/mol. The fraction of sp³-hybridized carbons (Fsp3) is 0.200. The van der Waals surface area contributed by atoms with Crippen molar-refractivity contribution in [2.24, 2.45) is 0 Å². The third-order valence-corrected chi connectivity index (χ3v) is 5.32. The van der Waals surface area contributed by atoms with Crippen molar-refractivity contribution in [1.29, 1.82) is 0 Å². The Balaban J connectivity index is 1.88. The minimum atomic E-state index is -3.93. The Morgan fingerprint density at radius 1 is 1.26 bits per heavy atom. The maximum atomic E-state index is 11.9. The number of hydrogen-bond donors (Lipinski definition) is 4. The minimum Gasteiger partial charge on any atom is -0.493 e. The number of hydrogen-bond acceptors (Lipinski definition) is 8. The molecule has 0 unspecified atom stereocenters. The molecule has 2 aromatic rings. The van der Waals surface area contributed by atoms with Crippen LogP contribution in [-0.4, -0.2) is 41.1 Å². The number of carbonyl (C=O) groups is 2. The standard InChI is InChI=1S/C15H16N4O6S2/c1-9(20)19-27(24,25)11-4-2-10(3-5-11)16-12(21)6-7-26-15-17-13(22)8-14(23)18-15/h2-5,8H,6-7H2,1H3,(H,16,21)(H,19,20)(H2,17,18,22,23). The highest BCUT2D eigenvalue weighted by molar-refractivity contribution is 7.99. The summed E-state index contributed by atoms with van der Waals surface area (Å²) in [5.41, 5.74) is -0.112. The van der Waals surface area contributed by atoms with Gasteiger partial charge in [0.25, 0.3) is 15.6 Å². The molecule has 0 bridgehead atoms. The van der Waals surface area contributed by atoms with Crippen molar-refractivity contribution in [1.82, 2.24) is 14.7 Å². The molecular formula is C15H16N4O6S2. The normalized spacial score (nSPS) is 11.0. The highest BCUT2D eigenvalue weighted by Crippen LogP contribution is 2.16. The maximum absolute atomic E-state index is 11.9. The summed E-state index contributed by atoms with van der Waals surface area (Å²) in [6.45, 7) is 1.09.